The maximum atomic E-state index is 10.9. The second-order valence-electron chi connectivity index (χ2n) is 4.81. The number of nitro groups is 1. The van der Waals surface area contributed by atoms with Crippen LogP contribution in [0.1, 0.15) is 25.5 Å². The summed E-state index contributed by atoms with van der Waals surface area (Å²) < 4.78 is 27.0. The highest BCUT2D eigenvalue weighted by Crippen LogP contribution is 2.25. The summed E-state index contributed by atoms with van der Waals surface area (Å²) in [6.07, 6.45) is 0.987. The average Bonchev–Trinajstić information content (AvgIpc) is 2.37. The normalized spacial score (nSPS) is 12.9. The van der Waals surface area contributed by atoms with Crippen LogP contribution in [-0.2, 0) is 9.05 Å². The van der Waals surface area contributed by atoms with Gasteiger partial charge in [0.15, 0.2) is 0 Å². The lowest BCUT2D eigenvalue weighted by Gasteiger charge is -2.11. The Balaban J connectivity index is 2.51. The highest BCUT2D eigenvalue weighted by Gasteiger charge is 2.18. The zero-order chi connectivity index (χ0) is 16.0. The lowest BCUT2D eigenvalue weighted by atomic mass is 10.1. The number of rotatable bonds is 8. The Bertz CT molecular complexity index is 606. The van der Waals surface area contributed by atoms with Gasteiger partial charge in [0.1, 0.15) is 5.69 Å². The largest absolute Gasteiger partial charge is 0.486 e. The Hall–Kier alpha value is -1.41. The molecule has 9 heteroatoms. The van der Waals surface area contributed by atoms with Gasteiger partial charge in [0.05, 0.1) is 12.4 Å². The van der Waals surface area contributed by atoms with E-state index in [1.807, 2.05) is 6.92 Å². The number of hydrogen-bond acceptors (Lipinski definition) is 6. The van der Waals surface area contributed by atoms with Crippen LogP contribution >= 0.6 is 10.7 Å². The molecule has 0 aliphatic rings. The van der Waals surface area contributed by atoms with E-state index < -0.39 is 14.0 Å². The van der Waals surface area contributed by atoms with Gasteiger partial charge in [-0.05, 0) is 40.8 Å². The second kappa shape index (κ2) is 7.56. The summed E-state index contributed by atoms with van der Waals surface area (Å²) in [5.74, 6) is -0.216. The zero-order valence-corrected chi connectivity index (χ0v) is 13.4. The Morgan fingerprint density at radius 1 is 1.43 bits per heavy atom. The first-order valence-electron chi connectivity index (χ1n) is 6.36. The molecule has 0 aromatic carbocycles. The van der Waals surface area contributed by atoms with E-state index in [1.54, 1.807) is 13.0 Å². The molecule has 1 atom stereocenters. The third kappa shape index (κ3) is 6.72. The van der Waals surface area contributed by atoms with E-state index >= 15 is 0 Å². The molecule has 1 heterocycles. The van der Waals surface area contributed by atoms with Gasteiger partial charge in [-0.15, -0.1) is 0 Å². The summed E-state index contributed by atoms with van der Waals surface area (Å²) >= 11 is 0. The van der Waals surface area contributed by atoms with Crippen molar-refractivity contribution in [1.29, 1.82) is 0 Å². The van der Waals surface area contributed by atoms with Crippen LogP contribution < -0.4 is 4.74 Å². The minimum Gasteiger partial charge on any atom is -0.486 e. The van der Waals surface area contributed by atoms with Gasteiger partial charge in [-0.2, -0.15) is 0 Å². The topological polar surface area (TPSA) is 99.4 Å². The van der Waals surface area contributed by atoms with Gasteiger partial charge in [-0.25, -0.2) is 8.42 Å². The predicted octanol–water partition coefficient (Wildman–Crippen LogP) is 2.66. The number of ether oxygens (including phenoxy) is 1. The van der Waals surface area contributed by atoms with Crippen molar-refractivity contribution in [2.24, 2.45) is 5.92 Å². The molecule has 1 rings (SSSR count). The summed E-state index contributed by atoms with van der Waals surface area (Å²) in [7, 11) is 1.65. The molecule has 0 aliphatic heterocycles. The van der Waals surface area contributed by atoms with Crippen molar-refractivity contribution in [3.8, 4) is 5.75 Å². The van der Waals surface area contributed by atoms with Crippen LogP contribution in [0.25, 0.3) is 0 Å². The molecule has 0 radical (unpaired) electrons. The molecule has 1 aromatic heterocycles. The minimum absolute atomic E-state index is 0.0796. The Morgan fingerprint density at radius 3 is 2.67 bits per heavy atom. The van der Waals surface area contributed by atoms with Crippen LogP contribution in [0, 0.1) is 23.0 Å². The van der Waals surface area contributed by atoms with E-state index in [0.29, 0.717) is 18.5 Å². The second-order valence-corrected chi connectivity index (χ2v) is 7.70. The van der Waals surface area contributed by atoms with Crippen LogP contribution in [0.3, 0.4) is 0 Å². The van der Waals surface area contributed by atoms with Gasteiger partial charge in [0, 0.05) is 17.6 Å². The summed E-state index contributed by atoms with van der Waals surface area (Å²) in [6, 6.07) is 3.14. The van der Waals surface area contributed by atoms with E-state index in [2.05, 4.69) is 4.98 Å². The summed E-state index contributed by atoms with van der Waals surface area (Å²) in [4.78, 5) is 14.1. The number of pyridine rings is 1. The first-order chi connectivity index (χ1) is 9.69. The molecule has 0 amide bonds. The molecule has 0 fully saturated rings. The van der Waals surface area contributed by atoms with Crippen LogP contribution in [0.2, 0.25) is 0 Å². The van der Waals surface area contributed by atoms with Crippen molar-refractivity contribution < 1.29 is 18.1 Å². The number of aromatic nitrogens is 1. The van der Waals surface area contributed by atoms with Gasteiger partial charge >= 0.3 is 5.82 Å². The highest BCUT2D eigenvalue weighted by atomic mass is 35.7. The van der Waals surface area contributed by atoms with E-state index in [1.165, 1.54) is 6.07 Å². The third-order valence-corrected chi connectivity index (χ3v) is 4.06. The van der Waals surface area contributed by atoms with Gasteiger partial charge in [-0.3, -0.25) is 0 Å². The molecule has 0 saturated carbocycles. The van der Waals surface area contributed by atoms with E-state index in [-0.39, 0.29) is 29.8 Å². The van der Waals surface area contributed by atoms with Gasteiger partial charge in [0.25, 0.3) is 0 Å². The molecule has 0 bridgehead atoms. The Morgan fingerprint density at radius 2 is 2.10 bits per heavy atom. The predicted molar refractivity (Wildman–Crippen MR) is 79.2 cm³/mol. The van der Waals surface area contributed by atoms with Gasteiger partial charge in [0.2, 0.25) is 14.8 Å². The quantitative estimate of drug-likeness (QED) is 0.411. The SMILES string of the molecule is Cc1ccc(OCCC(C)CCS(=O)(=O)Cl)c([N+](=O)[O-])n1. The Labute approximate surface area is 127 Å². The van der Waals surface area contributed by atoms with E-state index in [9.17, 15) is 18.5 Å². The zero-order valence-electron chi connectivity index (χ0n) is 11.8. The van der Waals surface area contributed by atoms with Crippen molar-refractivity contribution in [2.45, 2.75) is 26.7 Å². The fourth-order valence-electron chi connectivity index (χ4n) is 1.63. The van der Waals surface area contributed by atoms with Crippen LogP contribution in [0.4, 0.5) is 5.82 Å². The molecule has 0 saturated heterocycles. The molecule has 0 spiro atoms. The Kier molecular flexibility index (Phi) is 6.35. The molecule has 1 unspecified atom stereocenters. The lowest BCUT2D eigenvalue weighted by molar-refractivity contribution is -0.390. The molecule has 0 aliphatic carbocycles. The van der Waals surface area contributed by atoms with Crippen molar-refractivity contribution in [3.63, 3.8) is 0 Å². The van der Waals surface area contributed by atoms with Crippen molar-refractivity contribution in [2.75, 3.05) is 12.4 Å². The monoisotopic (exact) mass is 336 g/mol. The number of hydrogen-bond donors (Lipinski definition) is 0. The first kappa shape index (κ1) is 17.6. The van der Waals surface area contributed by atoms with Crippen molar-refractivity contribution >= 4 is 25.6 Å². The summed E-state index contributed by atoms with van der Waals surface area (Å²) in [6.45, 7) is 3.77. The molecule has 21 heavy (non-hydrogen) atoms. The number of halogens is 1. The highest BCUT2D eigenvalue weighted by molar-refractivity contribution is 8.13. The summed E-state index contributed by atoms with van der Waals surface area (Å²) in [5.41, 5.74) is 0.537. The smallest absolute Gasteiger partial charge is 0.406 e. The van der Waals surface area contributed by atoms with Crippen LogP contribution in [0.15, 0.2) is 12.1 Å². The standard InChI is InChI=1S/C12H17ClN2O5S/c1-9(6-8-21(13,18)19)5-7-20-11-4-3-10(2)14-12(11)15(16)17/h3-4,9H,5-8H2,1-2H3. The molecule has 1 aromatic rings. The molecular formula is C12H17ClN2O5S. The number of aryl methyl sites for hydroxylation is 1. The van der Waals surface area contributed by atoms with E-state index in [0.717, 1.165) is 0 Å². The van der Waals surface area contributed by atoms with E-state index in [4.69, 9.17) is 15.4 Å². The van der Waals surface area contributed by atoms with Crippen LogP contribution in [-0.4, -0.2) is 30.7 Å². The lowest BCUT2D eigenvalue weighted by Crippen LogP contribution is -2.09. The first-order valence-corrected chi connectivity index (χ1v) is 8.84. The molecule has 0 N–H and O–H groups in total. The third-order valence-electron chi connectivity index (χ3n) is 2.87. The average molecular weight is 337 g/mol. The molecule has 118 valence electrons. The summed E-state index contributed by atoms with van der Waals surface area (Å²) in [5, 5.41) is 10.9. The minimum atomic E-state index is -3.49. The molecular weight excluding hydrogens is 320 g/mol. The maximum Gasteiger partial charge on any atom is 0.406 e. The van der Waals surface area contributed by atoms with Gasteiger partial charge < -0.3 is 14.9 Å². The fourth-order valence-corrected chi connectivity index (χ4v) is 2.58. The molecule has 7 nitrogen and oxygen atoms in total. The van der Waals surface area contributed by atoms with Crippen molar-refractivity contribution in [1.82, 2.24) is 4.98 Å². The maximum absolute atomic E-state index is 10.9. The number of nitrogens with zero attached hydrogens (tertiary/aromatic N) is 2. The van der Waals surface area contributed by atoms with Crippen molar-refractivity contribution in [3.05, 3.63) is 27.9 Å². The van der Waals surface area contributed by atoms with Crippen LogP contribution in [0.5, 0.6) is 5.75 Å². The fraction of sp³-hybridized carbons (Fsp3) is 0.583. The van der Waals surface area contributed by atoms with Gasteiger partial charge in [-0.1, -0.05) is 6.92 Å².